The highest BCUT2D eigenvalue weighted by atomic mass is 16.5. The molecule has 0 aliphatic heterocycles. The summed E-state index contributed by atoms with van der Waals surface area (Å²) >= 11 is 0. The molecule has 0 saturated carbocycles. The van der Waals surface area contributed by atoms with Crippen molar-refractivity contribution in [2.75, 3.05) is 25.6 Å². The molecule has 0 aliphatic rings. The molecule has 0 bridgehead atoms. The minimum Gasteiger partial charge on any atom is -0.493 e. The molecule has 0 saturated heterocycles. The van der Waals surface area contributed by atoms with Gasteiger partial charge in [-0.15, -0.1) is 0 Å². The number of urea groups is 1. The lowest BCUT2D eigenvalue weighted by molar-refractivity contribution is 0.246. The third-order valence-corrected chi connectivity index (χ3v) is 3.63. The molecule has 0 aliphatic carbocycles. The predicted octanol–water partition coefficient (Wildman–Crippen LogP) is 3.82. The molecular weight excluding hydrogens is 304 g/mol. The fourth-order valence-corrected chi connectivity index (χ4v) is 2.60. The van der Waals surface area contributed by atoms with E-state index in [4.69, 9.17) is 9.47 Å². The monoisotopic (exact) mass is 328 g/mol. The van der Waals surface area contributed by atoms with E-state index >= 15 is 0 Å². The van der Waals surface area contributed by atoms with E-state index in [1.54, 1.807) is 7.11 Å². The van der Waals surface area contributed by atoms with Crippen LogP contribution in [0.3, 0.4) is 0 Å². The molecule has 0 unspecified atom stereocenters. The second-order valence-corrected chi connectivity index (χ2v) is 5.65. The van der Waals surface area contributed by atoms with Gasteiger partial charge in [0.15, 0.2) is 11.5 Å². The van der Waals surface area contributed by atoms with E-state index in [1.807, 2.05) is 57.2 Å². The summed E-state index contributed by atoms with van der Waals surface area (Å²) in [6.07, 6.45) is 0. The second-order valence-electron chi connectivity index (χ2n) is 5.65. The third-order valence-electron chi connectivity index (χ3n) is 3.63. The largest absolute Gasteiger partial charge is 0.493 e. The first kappa shape index (κ1) is 17.7. The maximum atomic E-state index is 12.0. The Bertz CT molecular complexity index is 691. The van der Waals surface area contributed by atoms with E-state index in [9.17, 15) is 4.79 Å². The lowest BCUT2D eigenvalue weighted by atomic mass is 10.1. The Morgan fingerprint density at radius 1 is 1.04 bits per heavy atom. The summed E-state index contributed by atoms with van der Waals surface area (Å²) in [6, 6.07) is 11.3. The fraction of sp³-hybridized carbons (Fsp3) is 0.316. The molecule has 5 nitrogen and oxygen atoms in total. The maximum Gasteiger partial charge on any atom is 0.319 e. The highest BCUT2D eigenvalue weighted by Crippen LogP contribution is 2.25. The topological polar surface area (TPSA) is 59.6 Å². The van der Waals surface area contributed by atoms with Crippen LogP contribution >= 0.6 is 0 Å². The number of aryl methyl sites for hydroxylation is 3. The molecule has 0 aromatic heterocycles. The zero-order chi connectivity index (χ0) is 17.5. The third kappa shape index (κ3) is 4.65. The van der Waals surface area contributed by atoms with Crippen molar-refractivity contribution in [1.82, 2.24) is 5.32 Å². The Balaban J connectivity index is 1.82. The molecular formula is C19H24N2O3. The van der Waals surface area contributed by atoms with Crippen LogP contribution in [0.2, 0.25) is 0 Å². The van der Waals surface area contributed by atoms with Crippen molar-refractivity contribution in [1.29, 1.82) is 0 Å². The van der Waals surface area contributed by atoms with Crippen molar-refractivity contribution in [3.05, 3.63) is 53.1 Å². The molecule has 2 aromatic carbocycles. The van der Waals surface area contributed by atoms with Crippen molar-refractivity contribution >= 4 is 11.7 Å². The number of benzene rings is 2. The summed E-state index contributed by atoms with van der Waals surface area (Å²) in [4.78, 5) is 12.0. The minimum atomic E-state index is -0.242. The van der Waals surface area contributed by atoms with Gasteiger partial charge in [-0.2, -0.15) is 0 Å². The first-order valence-corrected chi connectivity index (χ1v) is 7.89. The lowest BCUT2D eigenvalue weighted by Gasteiger charge is -2.14. The van der Waals surface area contributed by atoms with Crippen molar-refractivity contribution in [3.8, 4) is 11.5 Å². The zero-order valence-electron chi connectivity index (χ0n) is 14.6. The Kier molecular flexibility index (Phi) is 6.07. The number of ether oxygens (including phenoxy) is 2. The number of rotatable bonds is 6. The Morgan fingerprint density at radius 2 is 1.67 bits per heavy atom. The van der Waals surface area contributed by atoms with E-state index in [2.05, 4.69) is 10.6 Å². The normalized spacial score (nSPS) is 10.2. The Labute approximate surface area is 143 Å². The van der Waals surface area contributed by atoms with Gasteiger partial charge in [-0.25, -0.2) is 4.79 Å². The summed E-state index contributed by atoms with van der Waals surface area (Å²) in [6.45, 7) is 6.77. The highest BCUT2D eigenvalue weighted by Gasteiger charge is 2.08. The number of nitrogens with one attached hydrogen (secondary N) is 2. The SMILES string of the molecule is COc1ccccc1OCCNC(=O)Nc1c(C)cc(C)cc1C. The van der Waals surface area contributed by atoms with Gasteiger partial charge in [-0.05, 0) is 44.0 Å². The number of hydrogen-bond donors (Lipinski definition) is 2. The van der Waals surface area contributed by atoms with Gasteiger partial charge in [0, 0.05) is 5.69 Å². The number of methoxy groups -OCH3 is 1. The van der Waals surface area contributed by atoms with Gasteiger partial charge in [-0.3, -0.25) is 0 Å². The van der Waals surface area contributed by atoms with Crippen molar-refractivity contribution in [3.63, 3.8) is 0 Å². The smallest absolute Gasteiger partial charge is 0.319 e. The molecule has 0 radical (unpaired) electrons. The van der Waals surface area contributed by atoms with Crippen molar-refractivity contribution in [2.24, 2.45) is 0 Å². The molecule has 5 heteroatoms. The minimum absolute atomic E-state index is 0.242. The number of carbonyl (C=O) groups excluding carboxylic acids is 1. The van der Waals surface area contributed by atoms with Crippen LogP contribution in [-0.4, -0.2) is 26.3 Å². The molecule has 2 amide bonds. The standard InChI is InChI=1S/C19H24N2O3/c1-13-11-14(2)18(15(3)12-13)21-19(22)20-9-10-24-17-8-6-5-7-16(17)23-4/h5-8,11-12H,9-10H2,1-4H3,(H2,20,21,22). The first-order valence-electron chi connectivity index (χ1n) is 7.89. The van der Waals surface area contributed by atoms with Crippen LogP contribution < -0.4 is 20.1 Å². The van der Waals surface area contributed by atoms with E-state index in [-0.39, 0.29) is 6.03 Å². The van der Waals surface area contributed by atoms with Gasteiger partial charge in [-0.1, -0.05) is 29.8 Å². The van der Waals surface area contributed by atoms with Crippen molar-refractivity contribution < 1.29 is 14.3 Å². The van der Waals surface area contributed by atoms with Gasteiger partial charge in [0.25, 0.3) is 0 Å². The summed E-state index contributed by atoms with van der Waals surface area (Å²) in [5.74, 6) is 1.33. The second kappa shape index (κ2) is 8.24. The van der Waals surface area contributed by atoms with Crippen LogP contribution in [0.5, 0.6) is 11.5 Å². The summed E-state index contributed by atoms with van der Waals surface area (Å²) in [7, 11) is 1.60. The molecule has 24 heavy (non-hydrogen) atoms. The number of para-hydroxylation sites is 2. The molecule has 2 rings (SSSR count). The molecule has 0 atom stereocenters. The van der Waals surface area contributed by atoms with Crippen LogP contribution in [0.25, 0.3) is 0 Å². The fourth-order valence-electron chi connectivity index (χ4n) is 2.60. The van der Waals surface area contributed by atoms with Crippen LogP contribution in [0.15, 0.2) is 36.4 Å². The number of amides is 2. The van der Waals surface area contributed by atoms with E-state index in [0.717, 1.165) is 16.8 Å². The average Bonchev–Trinajstić information content (AvgIpc) is 2.55. The highest BCUT2D eigenvalue weighted by molar-refractivity contribution is 5.91. The van der Waals surface area contributed by atoms with Crippen LogP contribution in [0, 0.1) is 20.8 Å². The molecule has 0 fully saturated rings. The number of hydrogen-bond acceptors (Lipinski definition) is 3. The summed E-state index contributed by atoms with van der Waals surface area (Å²) < 4.78 is 10.8. The van der Waals surface area contributed by atoms with Crippen molar-refractivity contribution in [2.45, 2.75) is 20.8 Å². The molecule has 2 aromatic rings. The van der Waals surface area contributed by atoms with Crippen LogP contribution in [0.1, 0.15) is 16.7 Å². The summed E-state index contributed by atoms with van der Waals surface area (Å²) in [5, 5.41) is 5.69. The van der Waals surface area contributed by atoms with Gasteiger partial charge in [0.1, 0.15) is 6.61 Å². The van der Waals surface area contributed by atoms with Gasteiger partial charge in [0.2, 0.25) is 0 Å². The molecule has 0 spiro atoms. The summed E-state index contributed by atoms with van der Waals surface area (Å²) in [5.41, 5.74) is 4.13. The predicted molar refractivity (Wildman–Crippen MR) is 96.2 cm³/mol. The van der Waals surface area contributed by atoms with Crippen LogP contribution in [0.4, 0.5) is 10.5 Å². The van der Waals surface area contributed by atoms with E-state index in [0.29, 0.717) is 24.7 Å². The maximum absolute atomic E-state index is 12.0. The van der Waals surface area contributed by atoms with Gasteiger partial charge >= 0.3 is 6.03 Å². The molecule has 2 N–H and O–H groups in total. The van der Waals surface area contributed by atoms with Crippen LogP contribution in [-0.2, 0) is 0 Å². The zero-order valence-corrected chi connectivity index (χ0v) is 14.6. The first-order chi connectivity index (χ1) is 11.5. The Morgan fingerprint density at radius 3 is 2.29 bits per heavy atom. The number of carbonyl (C=O) groups is 1. The average molecular weight is 328 g/mol. The van der Waals surface area contributed by atoms with Gasteiger partial charge in [0.05, 0.1) is 13.7 Å². The lowest BCUT2D eigenvalue weighted by Crippen LogP contribution is -2.32. The molecule has 0 heterocycles. The van der Waals surface area contributed by atoms with E-state index in [1.165, 1.54) is 5.56 Å². The van der Waals surface area contributed by atoms with E-state index < -0.39 is 0 Å². The quantitative estimate of drug-likeness (QED) is 0.793. The Hall–Kier alpha value is -2.69. The van der Waals surface area contributed by atoms with Gasteiger partial charge < -0.3 is 20.1 Å². The number of anilines is 1. The molecule has 128 valence electrons.